The van der Waals surface area contributed by atoms with Crippen LogP contribution in [0.4, 0.5) is 17.1 Å². The lowest BCUT2D eigenvalue weighted by molar-refractivity contribution is 0.584. The summed E-state index contributed by atoms with van der Waals surface area (Å²) >= 11 is 0. The summed E-state index contributed by atoms with van der Waals surface area (Å²) in [6.07, 6.45) is 0. The van der Waals surface area contributed by atoms with E-state index in [1.165, 1.54) is 60.8 Å². The van der Waals surface area contributed by atoms with Crippen LogP contribution in [0.2, 0.25) is 0 Å². The van der Waals surface area contributed by atoms with Gasteiger partial charge in [-0.05, 0) is 103 Å². The molecule has 9 aromatic rings. The topological polar surface area (TPSA) is 16.4 Å². The van der Waals surface area contributed by atoms with Crippen molar-refractivity contribution in [3.05, 3.63) is 187 Å². The van der Waals surface area contributed by atoms with E-state index in [-0.39, 0.29) is 10.8 Å². The molecule has 0 bridgehead atoms. The summed E-state index contributed by atoms with van der Waals surface area (Å²) < 4.78 is 6.31. The summed E-state index contributed by atoms with van der Waals surface area (Å²) in [6.45, 7) is 11.7. The maximum Gasteiger partial charge on any atom is 0.135 e. The number of furan rings is 1. The van der Waals surface area contributed by atoms with Crippen LogP contribution in [-0.2, 0) is 10.8 Å². The first-order chi connectivity index (χ1) is 26.7. The van der Waals surface area contributed by atoms with Crippen molar-refractivity contribution in [3.8, 4) is 33.4 Å². The maximum absolute atomic E-state index is 6.31. The van der Waals surface area contributed by atoms with Crippen molar-refractivity contribution in [2.75, 3.05) is 4.90 Å². The van der Waals surface area contributed by atoms with Gasteiger partial charge in [0.1, 0.15) is 11.2 Å². The van der Waals surface area contributed by atoms with Crippen LogP contribution in [0, 0.1) is 0 Å². The largest absolute Gasteiger partial charge is 0.456 e. The Morgan fingerprint density at radius 1 is 0.473 bits per heavy atom. The van der Waals surface area contributed by atoms with Crippen LogP contribution in [0.25, 0.3) is 66.1 Å². The minimum Gasteiger partial charge on any atom is -0.456 e. The Balaban J connectivity index is 1.18. The Labute approximate surface area is 323 Å². The lowest BCUT2D eigenvalue weighted by Gasteiger charge is -2.29. The first-order valence-corrected chi connectivity index (χ1v) is 19.3. The van der Waals surface area contributed by atoms with Crippen LogP contribution in [0.5, 0.6) is 0 Å². The number of fused-ring (bicyclic) bond motifs is 7. The Morgan fingerprint density at radius 3 is 1.96 bits per heavy atom. The minimum absolute atomic E-state index is 0.0698. The number of anilines is 3. The highest BCUT2D eigenvalue weighted by Crippen LogP contribution is 2.54. The van der Waals surface area contributed by atoms with Gasteiger partial charge in [-0.3, -0.25) is 0 Å². The van der Waals surface area contributed by atoms with Gasteiger partial charge in [0.25, 0.3) is 0 Å². The monoisotopic (exact) mass is 709 g/mol. The van der Waals surface area contributed by atoms with Gasteiger partial charge in [-0.1, -0.05) is 162 Å². The predicted molar refractivity (Wildman–Crippen MR) is 233 cm³/mol. The van der Waals surface area contributed by atoms with Gasteiger partial charge in [-0.25, -0.2) is 0 Å². The highest BCUT2D eigenvalue weighted by Gasteiger charge is 2.38. The molecule has 0 fully saturated rings. The summed E-state index contributed by atoms with van der Waals surface area (Å²) in [5, 5.41) is 4.73. The molecule has 266 valence electrons. The molecule has 1 aromatic heterocycles. The van der Waals surface area contributed by atoms with Crippen LogP contribution in [0.15, 0.2) is 174 Å². The first-order valence-electron chi connectivity index (χ1n) is 19.3. The fraction of sp³-hybridized carbons (Fsp3) is 0.132. The number of para-hydroxylation sites is 2. The van der Waals surface area contributed by atoms with Gasteiger partial charge in [0.2, 0.25) is 0 Å². The smallest absolute Gasteiger partial charge is 0.135 e. The second-order valence-electron chi connectivity index (χ2n) is 16.6. The molecule has 1 aliphatic rings. The molecule has 2 heteroatoms. The molecule has 0 spiro atoms. The SMILES string of the molecule is CC(C)(C)c1ccc2c(c1)C(C)(C)c1cccc(-c3ccccc3N(c3ccc(-c4cccc5ccccc45)cc3)c3ccc4oc5ccccc5c4c3)c1-2. The molecule has 0 saturated heterocycles. The van der Waals surface area contributed by atoms with E-state index >= 15 is 0 Å². The van der Waals surface area contributed by atoms with E-state index in [4.69, 9.17) is 4.42 Å². The molecule has 0 unspecified atom stereocenters. The Bertz CT molecular complexity index is 2930. The average Bonchev–Trinajstić information content (AvgIpc) is 3.69. The second kappa shape index (κ2) is 12.3. The van der Waals surface area contributed by atoms with Crippen molar-refractivity contribution < 1.29 is 4.42 Å². The van der Waals surface area contributed by atoms with E-state index in [1.54, 1.807) is 0 Å². The Kier molecular flexibility index (Phi) is 7.44. The summed E-state index contributed by atoms with van der Waals surface area (Å²) in [4.78, 5) is 2.42. The van der Waals surface area contributed by atoms with Crippen LogP contribution in [0.3, 0.4) is 0 Å². The normalized spacial score (nSPS) is 13.3. The van der Waals surface area contributed by atoms with Crippen molar-refractivity contribution in [3.63, 3.8) is 0 Å². The van der Waals surface area contributed by atoms with Crippen molar-refractivity contribution in [2.45, 2.75) is 45.4 Å². The molecule has 2 nitrogen and oxygen atoms in total. The fourth-order valence-electron chi connectivity index (χ4n) is 8.92. The van der Waals surface area contributed by atoms with E-state index in [9.17, 15) is 0 Å². The minimum atomic E-state index is -0.124. The summed E-state index contributed by atoms with van der Waals surface area (Å²) in [5.74, 6) is 0. The standard InChI is InChI=1S/C53H43NO/c1-52(2,3)36-26-30-44-47(32-36)53(4,5)46-21-13-20-43(51(44)46)41-17-8-10-22-48(41)54(38-29-31-50-45(33-38)42-18-9-11-23-49(42)55-50)37-27-24-35(25-28-37)40-19-12-15-34-14-6-7-16-39(34)40/h6-33H,1-5H3. The zero-order chi connectivity index (χ0) is 37.5. The molecule has 1 heterocycles. The molecule has 10 rings (SSSR count). The zero-order valence-electron chi connectivity index (χ0n) is 32.0. The van der Waals surface area contributed by atoms with Gasteiger partial charge in [0.15, 0.2) is 0 Å². The highest BCUT2D eigenvalue weighted by molar-refractivity contribution is 6.07. The van der Waals surface area contributed by atoms with Crippen LogP contribution in [0.1, 0.15) is 51.3 Å². The molecule has 0 atom stereocenters. The molecule has 0 N–H and O–H groups in total. The molecule has 0 saturated carbocycles. The highest BCUT2D eigenvalue weighted by atomic mass is 16.3. The quantitative estimate of drug-likeness (QED) is 0.177. The number of rotatable bonds is 5. The van der Waals surface area contributed by atoms with E-state index in [2.05, 4.69) is 197 Å². The average molecular weight is 710 g/mol. The van der Waals surface area contributed by atoms with Gasteiger partial charge < -0.3 is 9.32 Å². The van der Waals surface area contributed by atoms with Crippen molar-refractivity contribution in [2.24, 2.45) is 0 Å². The molecule has 0 amide bonds. The number of hydrogen-bond donors (Lipinski definition) is 0. The zero-order valence-corrected chi connectivity index (χ0v) is 32.0. The van der Waals surface area contributed by atoms with Crippen LogP contribution >= 0.6 is 0 Å². The van der Waals surface area contributed by atoms with Gasteiger partial charge in [-0.15, -0.1) is 0 Å². The molecule has 8 aromatic carbocycles. The van der Waals surface area contributed by atoms with Gasteiger partial charge in [0, 0.05) is 33.1 Å². The Morgan fingerprint density at radius 2 is 1.13 bits per heavy atom. The predicted octanol–water partition coefficient (Wildman–Crippen LogP) is 15.1. The maximum atomic E-state index is 6.31. The second-order valence-corrected chi connectivity index (χ2v) is 16.6. The van der Waals surface area contributed by atoms with Gasteiger partial charge in [0.05, 0.1) is 5.69 Å². The third kappa shape index (κ3) is 5.31. The first kappa shape index (κ1) is 33.2. The van der Waals surface area contributed by atoms with Gasteiger partial charge >= 0.3 is 0 Å². The Hall–Kier alpha value is -6.38. The molecule has 0 aliphatic heterocycles. The van der Waals surface area contributed by atoms with E-state index in [0.717, 1.165) is 39.0 Å². The molecule has 55 heavy (non-hydrogen) atoms. The number of nitrogens with zero attached hydrogens (tertiary/aromatic N) is 1. The lowest BCUT2D eigenvalue weighted by atomic mass is 9.79. The van der Waals surface area contributed by atoms with Crippen LogP contribution in [-0.4, -0.2) is 0 Å². The lowest BCUT2D eigenvalue weighted by Crippen LogP contribution is -2.17. The third-order valence-corrected chi connectivity index (χ3v) is 11.8. The van der Waals surface area contributed by atoms with Gasteiger partial charge in [-0.2, -0.15) is 0 Å². The van der Waals surface area contributed by atoms with Crippen molar-refractivity contribution in [1.82, 2.24) is 0 Å². The summed E-state index contributed by atoms with van der Waals surface area (Å²) in [6, 6.07) is 62.2. The fourth-order valence-corrected chi connectivity index (χ4v) is 8.92. The summed E-state index contributed by atoms with van der Waals surface area (Å²) in [7, 11) is 0. The van der Waals surface area contributed by atoms with E-state index in [0.29, 0.717) is 0 Å². The molecular weight excluding hydrogens is 667 g/mol. The van der Waals surface area contributed by atoms with Crippen molar-refractivity contribution in [1.29, 1.82) is 0 Å². The third-order valence-electron chi connectivity index (χ3n) is 11.8. The molecule has 0 radical (unpaired) electrons. The summed E-state index contributed by atoms with van der Waals surface area (Å²) in [5.41, 5.74) is 16.7. The molecular formula is C53H43NO. The number of benzene rings is 8. The van der Waals surface area contributed by atoms with E-state index < -0.39 is 0 Å². The van der Waals surface area contributed by atoms with Crippen molar-refractivity contribution >= 4 is 49.8 Å². The van der Waals surface area contributed by atoms with E-state index in [1.807, 2.05) is 12.1 Å². The number of hydrogen-bond acceptors (Lipinski definition) is 2. The van der Waals surface area contributed by atoms with Crippen LogP contribution < -0.4 is 4.90 Å². The molecule has 1 aliphatic carbocycles.